The molecule has 4 rings (SSSR count). The predicted molar refractivity (Wildman–Crippen MR) is 132 cm³/mol. The van der Waals surface area contributed by atoms with Crippen LogP contribution in [0.2, 0.25) is 0 Å². The van der Waals surface area contributed by atoms with Crippen LogP contribution in [-0.4, -0.2) is 55.5 Å². The van der Waals surface area contributed by atoms with Crippen LogP contribution in [0.3, 0.4) is 0 Å². The number of rotatable bonds is 8. The number of para-hydroxylation sites is 2. The van der Waals surface area contributed by atoms with E-state index in [0.29, 0.717) is 44.1 Å². The molecule has 1 aromatic heterocycles. The molecule has 2 aromatic carbocycles. The van der Waals surface area contributed by atoms with Gasteiger partial charge in [0.1, 0.15) is 11.8 Å². The number of nitrogens with one attached hydrogen (secondary N) is 1. The minimum Gasteiger partial charge on any atom is -0.492 e. The second-order valence-electron chi connectivity index (χ2n) is 7.91. The van der Waals surface area contributed by atoms with Crippen LogP contribution >= 0.6 is 11.3 Å². The van der Waals surface area contributed by atoms with Crippen LogP contribution in [0.1, 0.15) is 22.2 Å². The van der Waals surface area contributed by atoms with Gasteiger partial charge in [0.15, 0.2) is 0 Å². The minimum atomic E-state index is -0.607. The van der Waals surface area contributed by atoms with Gasteiger partial charge in [-0.2, -0.15) is 0 Å². The van der Waals surface area contributed by atoms with Gasteiger partial charge >= 0.3 is 0 Å². The van der Waals surface area contributed by atoms with Crippen molar-refractivity contribution >= 4 is 28.8 Å². The lowest BCUT2D eigenvalue weighted by Gasteiger charge is -2.38. The average Bonchev–Trinajstić information content (AvgIpc) is 3.40. The zero-order valence-electron chi connectivity index (χ0n) is 18.8. The zero-order valence-corrected chi connectivity index (χ0v) is 19.6. The third-order valence-corrected chi connectivity index (χ3v) is 6.60. The third-order valence-electron chi connectivity index (χ3n) is 5.73. The van der Waals surface area contributed by atoms with Crippen LogP contribution in [-0.2, 0) is 11.2 Å². The Hall–Kier alpha value is -3.32. The van der Waals surface area contributed by atoms with Crippen molar-refractivity contribution in [1.29, 1.82) is 0 Å². The number of anilines is 1. The quantitative estimate of drug-likeness (QED) is 0.552. The summed E-state index contributed by atoms with van der Waals surface area (Å²) in [4.78, 5) is 31.0. The molecule has 1 atom stereocenters. The molecular weight excluding hydrogens is 434 g/mol. The van der Waals surface area contributed by atoms with E-state index in [-0.39, 0.29) is 11.8 Å². The second-order valence-corrected chi connectivity index (χ2v) is 8.85. The number of amides is 2. The van der Waals surface area contributed by atoms with Crippen molar-refractivity contribution in [3.63, 3.8) is 0 Å². The molecule has 1 saturated heterocycles. The Morgan fingerprint density at radius 1 is 0.970 bits per heavy atom. The first kappa shape index (κ1) is 22.9. The summed E-state index contributed by atoms with van der Waals surface area (Å²) in [5, 5.41) is 4.84. The molecule has 0 radical (unpaired) electrons. The zero-order chi connectivity index (χ0) is 23.0. The standard InChI is InChI=1S/C26H29N3O3S/c1-2-32-23-12-7-6-11-22(23)28-14-16-29(17-15-28)26(31)21(19-20-9-4-3-5-10-20)27-25(30)24-13-8-18-33-24/h3-13,18,21H,2,14-17,19H2,1H3,(H,27,30). The SMILES string of the molecule is CCOc1ccccc1N1CCN(C(=O)C(Cc2ccccc2)NC(=O)c2cccs2)CC1. The van der Waals surface area contributed by atoms with Gasteiger partial charge in [0.05, 0.1) is 17.2 Å². The maximum atomic E-state index is 13.5. The van der Waals surface area contributed by atoms with Crippen molar-refractivity contribution in [3.05, 3.63) is 82.6 Å². The van der Waals surface area contributed by atoms with E-state index in [0.717, 1.165) is 17.0 Å². The van der Waals surface area contributed by atoms with Crippen LogP contribution in [0.15, 0.2) is 72.1 Å². The van der Waals surface area contributed by atoms with Crippen molar-refractivity contribution in [3.8, 4) is 5.75 Å². The molecule has 172 valence electrons. The van der Waals surface area contributed by atoms with Crippen molar-refractivity contribution in [1.82, 2.24) is 10.2 Å². The van der Waals surface area contributed by atoms with Crippen LogP contribution in [0.4, 0.5) is 5.69 Å². The molecule has 1 N–H and O–H groups in total. The molecule has 0 spiro atoms. The van der Waals surface area contributed by atoms with Crippen LogP contribution in [0.25, 0.3) is 0 Å². The number of hydrogen-bond donors (Lipinski definition) is 1. The van der Waals surface area contributed by atoms with Gasteiger partial charge in [-0.3, -0.25) is 9.59 Å². The highest BCUT2D eigenvalue weighted by Gasteiger charge is 2.30. The van der Waals surface area contributed by atoms with E-state index in [1.165, 1.54) is 11.3 Å². The summed E-state index contributed by atoms with van der Waals surface area (Å²) < 4.78 is 5.78. The van der Waals surface area contributed by atoms with Crippen molar-refractivity contribution in [2.24, 2.45) is 0 Å². The highest BCUT2D eigenvalue weighted by atomic mass is 32.1. The maximum absolute atomic E-state index is 13.5. The topological polar surface area (TPSA) is 61.9 Å². The highest BCUT2D eigenvalue weighted by Crippen LogP contribution is 2.29. The lowest BCUT2D eigenvalue weighted by molar-refractivity contribution is -0.133. The summed E-state index contributed by atoms with van der Waals surface area (Å²) in [5.74, 6) is 0.620. The molecule has 0 bridgehead atoms. The largest absolute Gasteiger partial charge is 0.492 e. The smallest absolute Gasteiger partial charge is 0.262 e. The molecule has 0 aliphatic carbocycles. The van der Waals surface area contributed by atoms with E-state index in [2.05, 4.69) is 16.3 Å². The summed E-state index contributed by atoms with van der Waals surface area (Å²) in [6.45, 7) is 5.21. The Labute approximate surface area is 198 Å². The number of hydrogen-bond acceptors (Lipinski definition) is 5. The Morgan fingerprint density at radius 3 is 2.39 bits per heavy atom. The summed E-state index contributed by atoms with van der Waals surface area (Å²) in [6, 6.07) is 20.8. The first-order chi connectivity index (χ1) is 16.2. The van der Waals surface area contributed by atoms with Gasteiger partial charge in [-0.15, -0.1) is 11.3 Å². The van der Waals surface area contributed by atoms with Crippen LogP contribution in [0.5, 0.6) is 5.75 Å². The minimum absolute atomic E-state index is 0.0403. The normalized spacial score (nSPS) is 14.6. The molecule has 7 heteroatoms. The van der Waals surface area contributed by atoms with E-state index in [1.54, 1.807) is 6.07 Å². The van der Waals surface area contributed by atoms with Crippen molar-refractivity contribution in [2.75, 3.05) is 37.7 Å². The van der Waals surface area contributed by atoms with E-state index in [1.807, 2.05) is 71.8 Å². The number of ether oxygens (including phenoxy) is 1. The number of thiophene rings is 1. The number of piperazine rings is 1. The predicted octanol–water partition coefficient (Wildman–Crippen LogP) is 3.84. The molecule has 0 saturated carbocycles. The summed E-state index contributed by atoms with van der Waals surface area (Å²) in [5.41, 5.74) is 2.07. The molecular formula is C26H29N3O3S. The summed E-state index contributed by atoms with van der Waals surface area (Å²) in [6.07, 6.45) is 0.462. The van der Waals surface area contributed by atoms with Gasteiger partial charge in [0.25, 0.3) is 5.91 Å². The number of carbonyl (C=O) groups is 2. The van der Waals surface area contributed by atoms with Gasteiger partial charge in [-0.05, 0) is 36.1 Å². The van der Waals surface area contributed by atoms with Crippen molar-refractivity contribution in [2.45, 2.75) is 19.4 Å². The number of nitrogens with zero attached hydrogens (tertiary/aromatic N) is 2. The fourth-order valence-corrected chi connectivity index (χ4v) is 4.70. The van der Waals surface area contributed by atoms with E-state index in [9.17, 15) is 9.59 Å². The lowest BCUT2D eigenvalue weighted by Crippen LogP contribution is -2.55. The molecule has 3 aromatic rings. The maximum Gasteiger partial charge on any atom is 0.262 e. The molecule has 2 amide bonds. The summed E-state index contributed by atoms with van der Waals surface area (Å²) in [7, 11) is 0. The monoisotopic (exact) mass is 463 g/mol. The van der Waals surface area contributed by atoms with Crippen molar-refractivity contribution < 1.29 is 14.3 Å². The Kier molecular flexibility index (Phi) is 7.62. The van der Waals surface area contributed by atoms with Gasteiger partial charge < -0.3 is 19.9 Å². The molecule has 6 nitrogen and oxygen atoms in total. The van der Waals surface area contributed by atoms with Crippen LogP contribution < -0.4 is 15.0 Å². The first-order valence-electron chi connectivity index (χ1n) is 11.3. The van der Waals surface area contributed by atoms with Gasteiger partial charge in [-0.1, -0.05) is 48.5 Å². The Morgan fingerprint density at radius 2 is 1.70 bits per heavy atom. The fourth-order valence-electron chi connectivity index (χ4n) is 4.07. The highest BCUT2D eigenvalue weighted by molar-refractivity contribution is 7.12. The summed E-state index contributed by atoms with van der Waals surface area (Å²) >= 11 is 1.37. The van der Waals surface area contributed by atoms with E-state index < -0.39 is 6.04 Å². The Bertz CT molecular complexity index is 1050. The van der Waals surface area contributed by atoms with Gasteiger partial charge in [0, 0.05) is 32.6 Å². The average molecular weight is 464 g/mol. The lowest BCUT2D eigenvalue weighted by atomic mass is 10.0. The number of benzene rings is 2. The third kappa shape index (κ3) is 5.73. The molecule has 1 aliphatic rings. The van der Waals surface area contributed by atoms with E-state index >= 15 is 0 Å². The molecule has 1 aliphatic heterocycles. The van der Waals surface area contributed by atoms with Gasteiger partial charge in [-0.25, -0.2) is 0 Å². The molecule has 1 fully saturated rings. The fraction of sp³-hybridized carbons (Fsp3) is 0.308. The molecule has 1 unspecified atom stereocenters. The molecule has 2 heterocycles. The Balaban J connectivity index is 1.44. The second kappa shape index (κ2) is 11.0. The molecule has 33 heavy (non-hydrogen) atoms. The first-order valence-corrected chi connectivity index (χ1v) is 12.2. The van der Waals surface area contributed by atoms with Gasteiger partial charge in [0.2, 0.25) is 5.91 Å². The number of carbonyl (C=O) groups excluding carboxylic acids is 2. The van der Waals surface area contributed by atoms with E-state index in [4.69, 9.17) is 4.74 Å². The van der Waals surface area contributed by atoms with Crippen LogP contribution in [0, 0.1) is 0 Å².